The fourth-order valence-corrected chi connectivity index (χ4v) is 3.34. The maximum atomic E-state index is 11.1. The van der Waals surface area contributed by atoms with Gasteiger partial charge in [0.2, 0.25) is 0 Å². The van der Waals surface area contributed by atoms with Crippen molar-refractivity contribution in [3.05, 3.63) is 66.5 Å². The molecule has 1 aromatic heterocycles. The molecule has 0 aliphatic rings. The van der Waals surface area contributed by atoms with Crippen LogP contribution in [0, 0.1) is 6.92 Å². The molecule has 3 aromatic rings. The number of rotatable bonds is 8. The summed E-state index contributed by atoms with van der Waals surface area (Å²) >= 11 is 0. The zero-order valence-electron chi connectivity index (χ0n) is 15.6. The molecule has 0 unspecified atom stereocenters. The molecule has 3 nitrogen and oxygen atoms in total. The Kier molecular flexibility index (Phi) is 6.00. The van der Waals surface area contributed by atoms with Crippen LogP contribution in [0.2, 0.25) is 0 Å². The van der Waals surface area contributed by atoms with Gasteiger partial charge in [0.15, 0.2) is 0 Å². The lowest BCUT2D eigenvalue weighted by Gasteiger charge is -2.12. The summed E-state index contributed by atoms with van der Waals surface area (Å²) in [5.74, 6) is 1.31. The molecule has 0 saturated heterocycles. The molecule has 134 valence electrons. The van der Waals surface area contributed by atoms with E-state index in [-0.39, 0.29) is 5.78 Å². The van der Waals surface area contributed by atoms with Gasteiger partial charge in [-0.25, -0.2) is 4.98 Å². The topological polar surface area (TPSA) is 34.9 Å². The maximum Gasteiger partial charge on any atom is 0.129 e. The highest BCUT2D eigenvalue weighted by atomic mass is 16.1. The van der Waals surface area contributed by atoms with Crippen molar-refractivity contribution in [1.29, 1.82) is 0 Å². The van der Waals surface area contributed by atoms with Gasteiger partial charge in [-0.05, 0) is 26.7 Å². The molecule has 0 aliphatic carbocycles. The third-order valence-corrected chi connectivity index (χ3v) is 4.66. The lowest BCUT2D eigenvalue weighted by Crippen LogP contribution is -2.03. The first-order chi connectivity index (χ1) is 12.7. The number of unbranched alkanes of at least 4 members (excludes halogenated alkanes) is 2. The molecule has 0 saturated carbocycles. The summed E-state index contributed by atoms with van der Waals surface area (Å²) < 4.78 is 2.32. The zero-order chi connectivity index (χ0) is 18.4. The largest absolute Gasteiger partial charge is 0.328 e. The molecule has 2 aromatic carbocycles. The Morgan fingerprint density at radius 3 is 2.12 bits per heavy atom. The first kappa shape index (κ1) is 18.1. The number of benzene rings is 2. The second-order valence-corrected chi connectivity index (χ2v) is 6.75. The van der Waals surface area contributed by atoms with Crippen molar-refractivity contribution < 1.29 is 4.79 Å². The second kappa shape index (κ2) is 8.61. The molecule has 0 radical (unpaired) electrons. The molecule has 0 amide bonds. The number of nitrogens with zero attached hydrogens (tertiary/aromatic N) is 2. The smallest absolute Gasteiger partial charge is 0.129 e. The first-order valence-corrected chi connectivity index (χ1v) is 9.34. The number of ketones is 1. The molecular weight excluding hydrogens is 320 g/mol. The van der Waals surface area contributed by atoms with Crippen LogP contribution >= 0.6 is 0 Å². The van der Waals surface area contributed by atoms with Crippen LogP contribution in [0.5, 0.6) is 0 Å². The number of aryl methyl sites for hydroxylation is 1. The summed E-state index contributed by atoms with van der Waals surface area (Å²) in [5, 5.41) is 0. The third-order valence-electron chi connectivity index (χ3n) is 4.66. The number of hydrogen-bond acceptors (Lipinski definition) is 2. The number of Topliss-reactive ketones (excluding diaryl/α,β-unsaturated/α-hetero) is 1. The summed E-state index contributed by atoms with van der Waals surface area (Å²) in [6.07, 6.45) is 3.77. The van der Waals surface area contributed by atoms with Crippen molar-refractivity contribution in [2.24, 2.45) is 0 Å². The highest BCUT2D eigenvalue weighted by Crippen LogP contribution is 2.33. The van der Waals surface area contributed by atoms with Crippen molar-refractivity contribution in [3.8, 4) is 22.5 Å². The Hall–Kier alpha value is -2.68. The van der Waals surface area contributed by atoms with E-state index in [1.54, 1.807) is 6.92 Å². The number of carbonyl (C=O) groups is 1. The number of imidazole rings is 1. The van der Waals surface area contributed by atoms with Gasteiger partial charge in [-0.2, -0.15) is 0 Å². The third kappa shape index (κ3) is 4.29. The minimum Gasteiger partial charge on any atom is -0.328 e. The lowest BCUT2D eigenvalue weighted by atomic mass is 10.0. The van der Waals surface area contributed by atoms with Crippen LogP contribution in [0.4, 0.5) is 0 Å². The van der Waals surface area contributed by atoms with Gasteiger partial charge in [0.05, 0.1) is 11.4 Å². The summed E-state index contributed by atoms with van der Waals surface area (Å²) in [6.45, 7) is 4.67. The van der Waals surface area contributed by atoms with Gasteiger partial charge in [-0.3, -0.25) is 0 Å². The molecule has 3 heteroatoms. The molecular formula is C23H26N2O. The Labute approximate surface area is 155 Å². The van der Waals surface area contributed by atoms with Gasteiger partial charge in [0, 0.05) is 24.1 Å². The zero-order valence-corrected chi connectivity index (χ0v) is 15.6. The average molecular weight is 346 g/mol. The first-order valence-electron chi connectivity index (χ1n) is 9.34. The standard InChI is InChI=1S/C23H26N2O/c1-18(26)12-6-5-11-17-25-19(2)24-22(20-13-7-3-8-14-20)23(25)21-15-9-4-10-16-21/h3-4,7-10,13-16H,5-6,11-12,17H2,1-2H3. The van der Waals surface area contributed by atoms with Gasteiger partial charge < -0.3 is 9.36 Å². The summed E-state index contributed by atoms with van der Waals surface area (Å²) in [5.41, 5.74) is 4.55. The van der Waals surface area contributed by atoms with Crippen LogP contribution in [0.3, 0.4) is 0 Å². The molecule has 0 bridgehead atoms. The van der Waals surface area contributed by atoms with Crippen LogP contribution in [-0.2, 0) is 11.3 Å². The van der Waals surface area contributed by atoms with Gasteiger partial charge in [-0.1, -0.05) is 67.1 Å². The number of hydrogen-bond donors (Lipinski definition) is 0. The van der Waals surface area contributed by atoms with Crippen LogP contribution in [0.1, 0.15) is 38.4 Å². The molecule has 0 spiro atoms. The maximum absolute atomic E-state index is 11.1. The molecule has 1 heterocycles. The quantitative estimate of drug-likeness (QED) is 0.492. The molecule has 0 N–H and O–H groups in total. The SMILES string of the molecule is CC(=O)CCCCCn1c(C)nc(-c2ccccc2)c1-c1ccccc1. The number of carbonyl (C=O) groups excluding carboxylic acids is 1. The monoisotopic (exact) mass is 346 g/mol. The van der Waals surface area contributed by atoms with Gasteiger partial charge >= 0.3 is 0 Å². The van der Waals surface area contributed by atoms with Crippen molar-refractivity contribution >= 4 is 5.78 Å². The van der Waals surface area contributed by atoms with Gasteiger partial charge in [-0.15, -0.1) is 0 Å². The second-order valence-electron chi connectivity index (χ2n) is 6.75. The van der Waals surface area contributed by atoms with E-state index < -0.39 is 0 Å². The Morgan fingerprint density at radius 1 is 0.885 bits per heavy atom. The predicted molar refractivity (Wildman–Crippen MR) is 107 cm³/mol. The van der Waals surface area contributed by atoms with Gasteiger partial charge in [0.25, 0.3) is 0 Å². The molecule has 0 atom stereocenters. The van der Waals surface area contributed by atoms with E-state index in [2.05, 4.69) is 60.0 Å². The van der Waals surface area contributed by atoms with Crippen molar-refractivity contribution in [1.82, 2.24) is 9.55 Å². The normalized spacial score (nSPS) is 10.8. The predicted octanol–water partition coefficient (Wildman–Crippen LogP) is 5.67. The van der Waals surface area contributed by atoms with Crippen LogP contribution < -0.4 is 0 Å². The molecule has 3 rings (SSSR count). The van der Waals surface area contributed by atoms with E-state index in [0.29, 0.717) is 6.42 Å². The van der Waals surface area contributed by atoms with E-state index in [0.717, 1.165) is 42.9 Å². The van der Waals surface area contributed by atoms with E-state index in [4.69, 9.17) is 4.98 Å². The summed E-state index contributed by atoms with van der Waals surface area (Å²) in [6, 6.07) is 20.9. The van der Waals surface area contributed by atoms with Gasteiger partial charge in [0.1, 0.15) is 11.6 Å². The van der Waals surface area contributed by atoms with Crippen LogP contribution in [0.25, 0.3) is 22.5 Å². The van der Waals surface area contributed by atoms with Crippen molar-refractivity contribution in [2.45, 2.75) is 46.1 Å². The number of aromatic nitrogens is 2. The van der Waals surface area contributed by atoms with Crippen LogP contribution in [-0.4, -0.2) is 15.3 Å². The Bertz CT molecular complexity index is 851. The van der Waals surface area contributed by atoms with E-state index in [1.165, 1.54) is 11.3 Å². The van der Waals surface area contributed by atoms with Crippen molar-refractivity contribution in [3.63, 3.8) is 0 Å². The van der Waals surface area contributed by atoms with E-state index in [9.17, 15) is 4.79 Å². The minimum absolute atomic E-state index is 0.278. The molecule has 26 heavy (non-hydrogen) atoms. The molecule has 0 aliphatic heterocycles. The minimum atomic E-state index is 0.278. The Balaban J connectivity index is 1.91. The Morgan fingerprint density at radius 2 is 1.50 bits per heavy atom. The van der Waals surface area contributed by atoms with Crippen LogP contribution in [0.15, 0.2) is 60.7 Å². The fourth-order valence-electron chi connectivity index (χ4n) is 3.34. The fraction of sp³-hybridized carbons (Fsp3) is 0.304. The average Bonchev–Trinajstić information content (AvgIpc) is 2.99. The lowest BCUT2D eigenvalue weighted by molar-refractivity contribution is -0.117. The highest BCUT2D eigenvalue weighted by Gasteiger charge is 2.17. The summed E-state index contributed by atoms with van der Waals surface area (Å²) in [7, 11) is 0. The van der Waals surface area contributed by atoms with E-state index >= 15 is 0 Å². The molecule has 0 fully saturated rings. The summed E-state index contributed by atoms with van der Waals surface area (Å²) in [4.78, 5) is 16.0. The highest BCUT2D eigenvalue weighted by molar-refractivity contribution is 5.79. The van der Waals surface area contributed by atoms with Crippen molar-refractivity contribution in [2.75, 3.05) is 0 Å². The van der Waals surface area contributed by atoms with E-state index in [1.807, 2.05) is 12.1 Å².